The van der Waals surface area contributed by atoms with Crippen LogP contribution in [0, 0.1) is 13.8 Å². The zero-order chi connectivity index (χ0) is 20.6. The summed E-state index contributed by atoms with van der Waals surface area (Å²) in [5, 5.41) is 12.0. The SMILES string of the molecule is Cc1ccc(N2CCc3c(ncnc3Nc3ccc(C(C)(C)C)nn3)C2)cc1C. The molecule has 0 saturated heterocycles. The first-order valence-electron chi connectivity index (χ1n) is 10.1. The Labute approximate surface area is 172 Å². The van der Waals surface area contributed by atoms with Crippen LogP contribution in [0.4, 0.5) is 17.3 Å². The molecule has 6 heteroatoms. The first-order valence-corrected chi connectivity index (χ1v) is 10.1. The number of anilines is 3. The molecule has 0 fully saturated rings. The molecular weight excluding hydrogens is 360 g/mol. The number of aromatic nitrogens is 4. The molecule has 29 heavy (non-hydrogen) atoms. The van der Waals surface area contributed by atoms with Gasteiger partial charge >= 0.3 is 0 Å². The van der Waals surface area contributed by atoms with Crippen LogP contribution in [0.3, 0.4) is 0 Å². The summed E-state index contributed by atoms with van der Waals surface area (Å²) in [6, 6.07) is 10.6. The highest BCUT2D eigenvalue weighted by atomic mass is 15.2. The predicted molar refractivity (Wildman–Crippen MR) is 117 cm³/mol. The van der Waals surface area contributed by atoms with Crippen molar-refractivity contribution in [1.29, 1.82) is 0 Å². The first-order chi connectivity index (χ1) is 13.8. The number of nitrogens with one attached hydrogen (secondary N) is 1. The number of rotatable bonds is 3. The van der Waals surface area contributed by atoms with Gasteiger partial charge in [0.05, 0.1) is 17.9 Å². The van der Waals surface area contributed by atoms with E-state index in [4.69, 9.17) is 0 Å². The molecule has 6 nitrogen and oxygen atoms in total. The van der Waals surface area contributed by atoms with Crippen molar-refractivity contribution >= 4 is 17.3 Å². The van der Waals surface area contributed by atoms with Crippen LogP contribution in [-0.2, 0) is 18.4 Å². The fourth-order valence-electron chi connectivity index (χ4n) is 3.53. The summed E-state index contributed by atoms with van der Waals surface area (Å²) in [4.78, 5) is 11.4. The van der Waals surface area contributed by atoms with Gasteiger partial charge in [-0.1, -0.05) is 26.8 Å². The highest BCUT2D eigenvalue weighted by molar-refractivity contribution is 5.59. The molecule has 0 saturated carbocycles. The van der Waals surface area contributed by atoms with Gasteiger partial charge in [0, 0.05) is 23.2 Å². The van der Waals surface area contributed by atoms with Crippen molar-refractivity contribution in [3.8, 4) is 0 Å². The molecule has 0 bridgehead atoms. The number of benzene rings is 1. The average Bonchev–Trinajstić information content (AvgIpc) is 2.70. The molecule has 0 unspecified atom stereocenters. The van der Waals surface area contributed by atoms with E-state index in [0.29, 0.717) is 5.82 Å². The molecule has 1 N–H and O–H groups in total. The van der Waals surface area contributed by atoms with E-state index in [9.17, 15) is 0 Å². The topological polar surface area (TPSA) is 66.8 Å². The highest BCUT2D eigenvalue weighted by Crippen LogP contribution is 2.29. The third-order valence-electron chi connectivity index (χ3n) is 5.54. The summed E-state index contributed by atoms with van der Waals surface area (Å²) >= 11 is 0. The van der Waals surface area contributed by atoms with Crippen LogP contribution in [0.25, 0.3) is 0 Å². The van der Waals surface area contributed by atoms with Crippen LogP contribution < -0.4 is 10.2 Å². The maximum atomic E-state index is 4.55. The van der Waals surface area contributed by atoms with Crippen molar-refractivity contribution in [2.24, 2.45) is 0 Å². The zero-order valence-electron chi connectivity index (χ0n) is 17.8. The minimum absolute atomic E-state index is 0.0165. The Kier molecular flexibility index (Phi) is 4.94. The number of hydrogen-bond acceptors (Lipinski definition) is 6. The van der Waals surface area contributed by atoms with Gasteiger partial charge in [0.1, 0.15) is 12.1 Å². The van der Waals surface area contributed by atoms with Crippen molar-refractivity contribution in [1.82, 2.24) is 20.2 Å². The van der Waals surface area contributed by atoms with Crippen molar-refractivity contribution < 1.29 is 0 Å². The second-order valence-corrected chi connectivity index (χ2v) is 8.77. The molecule has 150 valence electrons. The lowest BCUT2D eigenvalue weighted by Crippen LogP contribution is -2.31. The fourth-order valence-corrected chi connectivity index (χ4v) is 3.53. The van der Waals surface area contributed by atoms with Crippen LogP contribution in [0.5, 0.6) is 0 Å². The van der Waals surface area contributed by atoms with Crippen molar-refractivity contribution in [3.63, 3.8) is 0 Å². The molecule has 2 aromatic heterocycles. The Morgan fingerprint density at radius 2 is 1.79 bits per heavy atom. The van der Waals surface area contributed by atoms with E-state index in [1.165, 1.54) is 16.8 Å². The van der Waals surface area contributed by atoms with Crippen LogP contribution >= 0.6 is 0 Å². The van der Waals surface area contributed by atoms with E-state index >= 15 is 0 Å². The van der Waals surface area contributed by atoms with Crippen LogP contribution in [0.15, 0.2) is 36.7 Å². The summed E-state index contributed by atoms with van der Waals surface area (Å²) in [7, 11) is 0. The van der Waals surface area contributed by atoms with Gasteiger partial charge in [0.2, 0.25) is 0 Å². The third kappa shape index (κ3) is 4.06. The minimum atomic E-state index is -0.0165. The summed E-state index contributed by atoms with van der Waals surface area (Å²) in [5.41, 5.74) is 7.05. The lowest BCUT2D eigenvalue weighted by molar-refractivity contribution is 0.559. The van der Waals surface area contributed by atoms with Gasteiger partial charge in [-0.2, -0.15) is 5.10 Å². The molecule has 3 heterocycles. The van der Waals surface area contributed by atoms with Gasteiger partial charge < -0.3 is 10.2 Å². The normalized spacial score (nSPS) is 13.9. The lowest BCUT2D eigenvalue weighted by Gasteiger charge is -2.31. The quantitative estimate of drug-likeness (QED) is 0.713. The van der Waals surface area contributed by atoms with Crippen molar-refractivity contribution in [2.45, 2.75) is 53.0 Å². The van der Waals surface area contributed by atoms with Gasteiger partial charge in [-0.25, -0.2) is 9.97 Å². The highest BCUT2D eigenvalue weighted by Gasteiger charge is 2.22. The Bertz CT molecular complexity index is 1020. The van der Waals surface area contributed by atoms with Gasteiger partial charge in [-0.15, -0.1) is 5.10 Å². The Morgan fingerprint density at radius 3 is 2.48 bits per heavy atom. The molecule has 1 aromatic carbocycles. The summed E-state index contributed by atoms with van der Waals surface area (Å²) in [6.07, 6.45) is 2.51. The summed E-state index contributed by atoms with van der Waals surface area (Å²) in [6.45, 7) is 12.4. The molecule has 1 aliphatic heterocycles. The molecule has 0 radical (unpaired) electrons. The van der Waals surface area contributed by atoms with E-state index in [0.717, 1.165) is 42.3 Å². The van der Waals surface area contributed by atoms with Crippen LogP contribution in [-0.4, -0.2) is 26.7 Å². The summed E-state index contributed by atoms with van der Waals surface area (Å²) < 4.78 is 0. The zero-order valence-corrected chi connectivity index (χ0v) is 17.8. The minimum Gasteiger partial charge on any atom is -0.365 e. The summed E-state index contributed by atoms with van der Waals surface area (Å²) in [5.74, 6) is 1.53. The molecular formula is C23H28N6. The number of hydrogen-bond donors (Lipinski definition) is 1. The number of nitrogens with zero attached hydrogens (tertiary/aromatic N) is 5. The molecule has 0 amide bonds. The average molecular weight is 389 g/mol. The molecule has 1 aliphatic rings. The fraction of sp³-hybridized carbons (Fsp3) is 0.391. The van der Waals surface area contributed by atoms with Crippen molar-refractivity contribution in [2.75, 3.05) is 16.8 Å². The maximum Gasteiger partial charge on any atom is 0.154 e. The predicted octanol–water partition coefficient (Wildman–Crippen LogP) is 4.49. The van der Waals surface area contributed by atoms with E-state index < -0.39 is 0 Å². The smallest absolute Gasteiger partial charge is 0.154 e. The molecule has 0 atom stereocenters. The second-order valence-electron chi connectivity index (χ2n) is 8.77. The second kappa shape index (κ2) is 7.43. The standard InChI is InChI=1S/C23H28N6/c1-15-6-7-17(12-16(15)2)29-11-10-18-19(13-29)24-14-25-22(18)26-21-9-8-20(27-28-21)23(3,4)5/h6-9,12,14H,10-11,13H2,1-5H3,(H,24,25,26,28). The molecule has 3 aromatic rings. The van der Waals surface area contributed by atoms with E-state index in [2.05, 4.69) is 83.2 Å². The molecule has 4 rings (SSSR count). The van der Waals surface area contributed by atoms with Crippen LogP contribution in [0.2, 0.25) is 0 Å². The van der Waals surface area contributed by atoms with Gasteiger partial charge in [0.15, 0.2) is 5.82 Å². The van der Waals surface area contributed by atoms with E-state index in [-0.39, 0.29) is 5.41 Å². The van der Waals surface area contributed by atoms with Gasteiger partial charge in [0.25, 0.3) is 0 Å². The van der Waals surface area contributed by atoms with Crippen molar-refractivity contribution in [3.05, 3.63) is 64.7 Å². The van der Waals surface area contributed by atoms with Gasteiger partial charge in [-0.3, -0.25) is 0 Å². The van der Waals surface area contributed by atoms with E-state index in [1.54, 1.807) is 6.33 Å². The lowest BCUT2D eigenvalue weighted by atomic mass is 9.92. The number of aryl methyl sites for hydroxylation is 2. The number of fused-ring (bicyclic) bond motifs is 1. The maximum absolute atomic E-state index is 4.55. The third-order valence-corrected chi connectivity index (χ3v) is 5.54. The Balaban J connectivity index is 1.54. The molecule has 0 aliphatic carbocycles. The Morgan fingerprint density at radius 1 is 0.966 bits per heavy atom. The van der Waals surface area contributed by atoms with Crippen LogP contribution in [0.1, 0.15) is 48.8 Å². The monoisotopic (exact) mass is 388 g/mol. The first kappa shape index (κ1) is 19.3. The molecule has 0 spiro atoms. The Hall–Kier alpha value is -3.02. The largest absolute Gasteiger partial charge is 0.365 e. The van der Waals surface area contributed by atoms with Gasteiger partial charge in [-0.05, 0) is 55.7 Å². The van der Waals surface area contributed by atoms with E-state index in [1.807, 2.05) is 12.1 Å².